The van der Waals surface area contributed by atoms with Gasteiger partial charge in [-0.25, -0.2) is 0 Å². The largest absolute Gasteiger partial charge is 0.339 e. The number of likely N-dealkylation sites (N-methyl/N-ethyl adjacent to an activating group) is 1. The Balaban J connectivity index is 2.09. The van der Waals surface area contributed by atoms with E-state index in [0.29, 0.717) is 6.04 Å². The molecule has 2 rings (SSSR count). The summed E-state index contributed by atoms with van der Waals surface area (Å²) in [6.07, 6.45) is 1.77. The third-order valence-corrected chi connectivity index (χ3v) is 3.99. The van der Waals surface area contributed by atoms with Gasteiger partial charge in [-0.05, 0) is 31.0 Å². The average Bonchev–Trinajstić information content (AvgIpc) is 2.95. The second-order valence-electron chi connectivity index (χ2n) is 5.51. The van der Waals surface area contributed by atoms with Gasteiger partial charge in [0.2, 0.25) is 5.89 Å². The van der Waals surface area contributed by atoms with Gasteiger partial charge in [-0.3, -0.25) is 0 Å². The van der Waals surface area contributed by atoms with Gasteiger partial charge in [0.05, 0.1) is 5.92 Å². The molecule has 2 unspecified atom stereocenters. The van der Waals surface area contributed by atoms with Crippen molar-refractivity contribution >= 4 is 0 Å². The smallest absolute Gasteiger partial charge is 0.231 e. The van der Waals surface area contributed by atoms with Crippen LogP contribution in [0.3, 0.4) is 0 Å². The highest BCUT2D eigenvalue weighted by Gasteiger charge is 2.22. The van der Waals surface area contributed by atoms with Gasteiger partial charge in [0.15, 0.2) is 5.82 Å². The van der Waals surface area contributed by atoms with Crippen molar-refractivity contribution in [2.75, 3.05) is 6.54 Å². The number of nitrogens with one attached hydrogen (secondary N) is 1. The maximum Gasteiger partial charge on any atom is 0.231 e. The summed E-state index contributed by atoms with van der Waals surface area (Å²) >= 11 is 0. The van der Waals surface area contributed by atoms with Crippen LogP contribution in [0.4, 0.5) is 0 Å². The molecule has 0 aliphatic carbocycles. The monoisotopic (exact) mass is 287 g/mol. The van der Waals surface area contributed by atoms with Crippen molar-refractivity contribution in [1.29, 1.82) is 0 Å². The van der Waals surface area contributed by atoms with Gasteiger partial charge in [0.1, 0.15) is 0 Å². The molecule has 0 saturated carbocycles. The lowest BCUT2D eigenvalue weighted by atomic mass is 9.99. The lowest BCUT2D eigenvalue weighted by Gasteiger charge is -2.20. The van der Waals surface area contributed by atoms with Crippen LogP contribution in [-0.2, 0) is 6.42 Å². The maximum atomic E-state index is 5.47. The summed E-state index contributed by atoms with van der Waals surface area (Å²) in [5.41, 5.74) is 2.51. The Bertz CT molecular complexity index is 565. The second kappa shape index (κ2) is 7.36. The number of hydrogen-bond acceptors (Lipinski definition) is 4. The molecule has 4 heteroatoms. The zero-order valence-electron chi connectivity index (χ0n) is 13.4. The van der Waals surface area contributed by atoms with E-state index in [9.17, 15) is 0 Å². The topological polar surface area (TPSA) is 51.0 Å². The minimum Gasteiger partial charge on any atom is -0.339 e. The van der Waals surface area contributed by atoms with Crippen LogP contribution in [0.15, 0.2) is 28.8 Å². The van der Waals surface area contributed by atoms with E-state index in [0.717, 1.165) is 31.1 Å². The van der Waals surface area contributed by atoms with Crippen LogP contribution < -0.4 is 5.32 Å². The Morgan fingerprint density at radius 2 is 2.00 bits per heavy atom. The van der Waals surface area contributed by atoms with E-state index in [1.807, 2.05) is 12.1 Å². The van der Waals surface area contributed by atoms with Crippen molar-refractivity contribution in [3.63, 3.8) is 0 Å². The van der Waals surface area contributed by atoms with Crippen LogP contribution in [0, 0.1) is 6.92 Å². The fourth-order valence-electron chi connectivity index (χ4n) is 2.61. The molecule has 1 aromatic heterocycles. The number of rotatable bonds is 7. The lowest BCUT2D eigenvalue weighted by molar-refractivity contribution is 0.319. The standard InChI is InChI=1S/C17H25N3O/c1-5-15(18-6-2)13(4)17-19-16(20-21-17)11-14-10-8-7-9-12(14)3/h7-10,13,15,18H,5-6,11H2,1-4H3. The molecular weight excluding hydrogens is 262 g/mol. The first-order valence-corrected chi connectivity index (χ1v) is 7.76. The van der Waals surface area contributed by atoms with E-state index in [-0.39, 0.29) is 5.92 Å². The zero-order valence-corrected chi connectivity index (χ0v) is 13.4. The fourth-order valence-corrected chi connectivity index (χ4v) is 2.61. The van der Waals surface area contributed by atoms with Crippen molar-refractivity contribution < 1.29 is 4.52 Å². The van der Waals surface area contributed by atoms with E-state index < -0.39 is 0 Å². The molecule has 0 saturated heterocycles. The van der Waals surface area contributed by atoms with Crippen molar-refractivity contribution in [2.24, 2.45) is 0 Å². The molecule has 1 aromatic carbocycles. The van der Waals surface area contributed by atoms with E-state index in [1.165, 1.54) is 11.1 Å². The van der Waals surface area contributed by atoms with E-state index >= 15 is 0 Å². The predicted molar refractivity (Wildman–Crippen MR) is 84.5 cm³/mol. The predicted octanol–water partition coefficient (Wildman–Crippen LogP) is 3.46. The third kappa shape index (κ3) is 3.91. The first kappa shape index (κ1) is 15.7. The normalized spacial score (nSPS) is 14.1. The molecule has 1 N–H and O–H groups in total. The Hall–Kier alpha value is -1.68. The molecule has 0 aliphatic rings. The maximum absolute atomic E-state index is 5.47. The Morgan fingerprint density at radius 1 is 1.24 bits per heavy atom. The number of nitrogens with zero attached hydrogens (tertiary/aromatic N) is 2. The number of benzene rings is 1. The van der Waals surface area contributed by atoms with Crippen molar-refractivity contribution in [1.82, 2.24) is 15.5 Å². The average molecular weight is 287 g/mol. The number of aryl methyl sites for hydroxylation is 1. The van der Waals surface area contributed by atoms with Crippen LogP contribution in [-0.4, -0.2) is 22.7 Å². The van der Waals surface area contributed by atoms with E-state index in [4.69, 9.17) is 4.52 Å². The molecular formula is C17H25N3O. The highest BCUT2D eigenvalue weighted by Crippen LogP contribution is 2.20. The molecule has 0 bridgehead atoms. The quantitative estimate of drug-likeness (QED) is 0.847. The molecule has 2 aromatic rings. The van der Waals surface area contributed by atoms with Gasteiger partial charge in [0.25, 0.3) is 0 Å². The van der Waals surface area contributed by atoms with Crippen molar-refractivity contribution in [3.8, 4) is 0 Å². The lowest BCUT2D eigenvalue weighted by Crippen LogP contribution is -2.33. The summed E-state index contributed by atoms with van der Waals surface area (Å²) in [6, 6.07) is 8.69. The van der Waals surface area contributed by atoms with E-state index in [1.54, 1.807) is 0 Å². The van der Waals surface area contributed by atoms with Gasteiger partial charge in [-0.15, -0.1) is 0 Å². The molecule has 1 heterocycles. The highest BCUT2D eigenvalue weighted by molar-refractivity contribution is 5.28. The van der Waals surface area contributed by atoms with Gasteiger partial charge in [0, 0.05) is 12.5 Å². The molecule has 0 fully saturated rings. The minimum absolute atomic E-state index is 0.230. The van der Waals surface area contributed by atoms with Crippen LogP contribution in [0.2, 0.25) is 0 Å². The zero-order chi connectivity index (χ0) is 15.2. The Morgan fingerprint density at radius 3 is 2.67 bits per heavy atom. The van der Waals surface area contributed by atoms with E-state index in [2.05, 4.69) is 55.3 Å². The molecule has 0 amide bonds. The van der Waals surface area contributed by atoms with Crippen LogP contribution >= 0.6 is 0 Å². The summed E-state index contributed by atoms with van der Waals surface area (Å²) in [7, 11) is 0. The summed E-state index contributed by atoms with van der Waals surface area (Å²) < 4.78 is 5.47. The van der Waals surface area contributed by atoms with Gasteiger partial charge in [-0.1, -0.05) is 50.2 Å². The van der Waals surface area contributed by atoms with Gasteiger partial charge >= 0.3 is 0 Å². The van der Waals surface area contributed by atoms with Crippen LogP contribution in [0.5, 0.6) is 0 Å². The first-order chi connectivity index (χ1) is 10.2. The summed E-state index contributed by atoms with van der Waals surface area (Å²) in [4.78, 5) is 4.58. The molecule has 0 aliphatic heterocycles. The molecule has 2 atom stereocenters. The number of aromatic nitrogens is 2. The van der Waals surface area contributed by atoms with Crippen molar-refractivity contribution in [3.05, 3.63) is 47.1 Å². The van der Waals surface area contributed by atoms with Crippen LogP contribution in [0.1, 0.15) is 56.0 Å². The highest BCUT2D eigenvalue weighted by atomic mass is 16.5. The SMILES string of the molecule is CCNC(CC)C(C)c1nc(Cc2ccccc2C)no1. The molecule has 21 heavy (non-hydrogen) atoms. The molecule has 4 nitrogen and oxygen atoms in total. The summed E-state index contributed by atoms with van der Waals surface area (Å²) in [5, 5.41) is 7.61. The number of hydrogen-bond donors (Lipinski definition) is 1. The molecule has 0 spiro atoms. The third-order valence-electron chi connectivity index (χ3n) is 3.99. The summed E-state index contributed by atoms with van der Waals surface area (Å²) in [5.74, 6) is 1.72. The second-order valence-corrected chi connectivity index (χ2v) is 5.51. The van der Waals surface area contributed by atoms with Gasteiger partial charge < -0.3 is 9.84 Å². The Kier molecular flexibility index (Phi) is 5.51. The minimum atomic E-state index is 0.230. The first-order valence-electron chi connectivity index (χ1n) is 7.76. The molecule has 0 radical (unpaired) electrons. The molecule has 114 valence electrons. The fraction of sp³-hybridized carbons (Fsp3) is 0.529. The Labute approximate surface area is 127 Å². The summed E-state index contributed by atoms with van der Waals surface area (Å²) in [6.45, 7) is 9.49. The van der Waals surface area contributed by atoms with Crippen molar-refractivity contribution in [2.45, 2.75) is 52.5 Å². The van der Waals surface area contributed by atoms with Crippen LogP contribution in [0.25, 0.3) is 0 Å². The van der Waals surface area contributed by atoms with Gasteiger partial charge in [-0.2, -0.15) is 4.98 Å².